The third-order valence-corrected chi connectivity index (χ3v) is 5.33. The van der Waals surface area contributed by atoms with Crippen LogP contribution in [0.4, 0.5) is 4.39 Å². The predicted molar refractivity (Wildman–Crippen MR) is 82.9 cm³/mol. The molecule has 114 valence electrons. The number of nitrogens with one attached hydrogen (secondary N) is 1. The molecule has 0 spiro atoms. The van der Waals surface area contributed by atoms with Crippen molar-refractivity contribution in [3.8, 4) is 0 Å². The molecule has 1 aromatic heterocycles. The number of aromatic amines is 1. The Morgan fingerprint density at radius 3 is 2.68 bits per heavy atom. The molecule has 3 rings (SSSR count). The van der Waals surface area contributed by atoms with Gasteiger partial charge in [0.1, 0.15) is 5.82 Å². The Morgan fingerprint density at radius 1 is 1.14 bits per heavy atom. The number of sulfone groups is 1. The second kappa shape index (κ2) is 5.55. The molecule has 3 N–H and O–H groups in total. The van der Waals surface area contributed by atoms with Gasteiger partial charge in [-0.3, -0.25) is 0 Å². The molecule has 0 aliphatic carbocycles. The molecule has 4 nitrogen and oxygen atoms in total. The average molecular weight is 318 g/mol. The van der Waals surface area contributed by atoms with Crippen molar-refractivity contribution < 1.29 is 12.8 Å². The van der Waals surface area contributed by atoms with E-state index < -0.39 is 15.7 Å². The Morgan fingerprint density at radius 2 is 1.95 bits per heavy atom. The highest BCUT2D eigenvalue weighted by molar-refractivity contribution is 7.91. The Labute approximate surface area is 127 Å². The molecule has 0 saturated heterocycles. The Hall–Kier alpha value is -2.18. The largest absolute Gasteiger partial charge is 0.360 e. The molecule has 0 aliphatic rings. The van der Waals surface area contributed by atoms with E-state index >= 15 is 0 Å². The zero-order chi connectivity index (χ0) is 15.7. The molecular formula is C16H15FN2O2S. The van der Waals surface area contributed by atoms with Crippen molar-refractivity contribution in [2.75, 3.05) is 6.54 Å². The van der Waals surface area contributed by atoms with Crippen LogP contribution >= 0.6 is 0 Å². The molecule has 0 bridgehead atoms. The Balaban J connectivity index is 2.13. The second-order valence-corrected chi connectivity index (χ2v) is 6.95. The number of hydrogen-bond acceptors (Lipinski definition) is 3. The summed E-state index contributed by atoms with van der Waals surface area (Å²) < 4.78 is 38.6. The summed E-state index contributed by atoms with van der Waals surface area (Å²) >= 11 is 0. The minimum atomic E-state index is -3.77. The standard InChI is InChI=1S/C16H15FN2O2S/c17-12-2-1-3-13(9-12)22(20,21)16-10-19-15-8-11(6-7-18)4-5-14(15)16/h1-5,8-10,19H,6-7,18H2. The molecule has 22 heavy (non-hydrogen) atoms. The number of nitrogens with two attached hydrogens (primary N) is 1. The minimum absolute atomic E-state index is 0.0561. The van der Waals surface area contributed by atoms with Gasteiger partial charge in [0.2, 0.25) is 9.84 Å². The first-order valence-corrected chi connectivity index (χ1v) is 8.31. The van der Waals surface area contributed by atoms with Gasteiger partial charge in [-0.2, -0.15) is 0 Å². The fourth-order valence-corrected chi connectivity index (χ4v) is 3.91. The van der Waals surface area contributed by atoms with Gasteiger partial charge in [-0.05, 0) is 42.8 Å². The van der Waals surface area contributed by atoms with Crippen LogP contribution in [0.25, 0.3) is 10.9 Å². The summed E-state index contributed by atoms with van der Waals surface area (Å²) in [6.45, 7) is 0.528. The van der Waals surface area contributed by atoms with Crippen molar-refractivity contribution in [2.45, 2.75) is 16.2 Å². The van der Waals surface area contributed by atoms with Gasteiger partial charge in [-0.15, -0.1) is 0 Å². The quantitative estimate of drug-likeness (QED) is 0.776. The number of rotatable bonds is 4. The van der Waals surface area contributed by atoms with Crippen LogP contribution in [0.1, 0.15) is 5.56 Å². The second-order valence-electron chi connectivity index (χ2n) is 5.03. The smallest absolute Gasteiger partial charge is 0.208 e. The number of halogens is 1. The van der Waals surface area contributed by atoms with Gasteiger partial charge in [0, 0.05) is 17.1 Å². The fourth-order valence-electron chi connectivity index (χ4n) is 2.45. The topological polar surface area (TPSA) is 76.0 Å². The Kier molecular flexibility index (Phi) is 3.72. The highest BCUT2D eigenvalue weighted by Gasteiger charge is 2.22. The van der Waals surface area contributed by atoms with Crippen LogP contribution < -0.4 is 5.73 Å². The van der Waals surface area contributed by atoms with E-state index in [1.807, 2.05) is 12.1 Å². The van der Waals surface area contributed by atoms with Crippen LogP contribution in [0.15, 0.2) is 58.5 Å². The molecule has 0 unspecified atom stereocenters. The first kappa shape index (κ1) is 14.7. The highest BCUT2D eigenvalue weighted by atomic mass is 32.2. The van der Waals surface area contributed by atoms with Gasteiger partial charge in [0.25, 0.3) is 0 Å². The highest BCUT2D eigenvalue weighted by Crippen LogP contribution is 2.29. The molecule has 6 heteroatoms. The summed E-state index contributed by atoms with van der Waals surface area (Å²) in [5.74, 6) is -0.578. The molecule has 0 fully saturated rings. The number of fused-ring (bicyclic) bond motifs is 1. The van der Waals surface area contributed by atoms with Crippen LogP contribution in [0.2, 0.25) is 0 Å². The molecule has 0 saturated carbocycles. The van der Waals surface area contributed by atoms with Crippen molar-refractivity contribution in [1.82, 2.24) is 4.98 Å². The van der Waals surface area contributed by atoms with E-state index in [4.69, 9.17) is 5.73 Å². The zero-order valence-corrected chi connectivity index (χ0v) is 12.5. The maximum absolute atomic E-state index is 13.3. The van der Waals surface area contributed by atoms with Crippen molar-refractivity contribution in [3.63, 3.8) is 0 Å². The van der Waals surface area contributed by atoms with Gasteiger partial charge in [-0.25, -0.2) is 12.8 Å². The van der Waals surface area contributed by atoms with Crippen LogP contribution in [-0.2, 0) is 16.3 Å². The van der Waals surface area contributed by atoms with Crippen molar-refractivity contribution in [1.29, 1.82) is 0 Å². The van der Waals surface area contributed by atoms with Crippen LogP contribution in [0, 0.1) is 5.82 Å². The lowest BCUT2D eigenvalue weighted by molar-refractivity contribution is 0.591. The summed E-state index contributed by atoms with van der Waals surface area (Å²) in [4.78, 5) is 3.05. The minimum Gasteiger partial charge on any atom is -0.360 e. The first-order valence-electron chi connectivity index (χ1n) is 6.83. The number of benzene rings is 2. The van der Waals surface area contributed by atoms with Crippen LogP contribution in [-0.4, -0.2) is 19.9 Å². The molecule has 1 heterocycles. The van der Waals surface area contributed by atoms with E-state index in [-0.39, 0.29) is 9.79 Å². The molecule has 0 amide bonds. The van der Waals surface area contributed by atoms with E-state index in [0.717, 1.165) is 23.6 Å². The Bertz CT molecular complexity index is 932. The summed E-state index contributed by atoms with van der Waals surface area (Å²) in [6.07, 6.45) is 2.16. The van der Waals surface area contributed by atoms with Gasteiger partial charge < -0.3 is 10.7 Å². The third-order valence-electron chi connectivity index (χ3n) is 3.54. The van der Waals surface area contributed by atoms with Gasteiger partial charge in [-0.1, -0.05) is 18.2 Å². The maximum Gasteiger partial charge on any atom is 0.208 e. The van der Waals surface area contributed by atoms with E-state index in [2.05, 4.69) is 4.98 Å². The maximum atomic E-state index is 13.3. The summed E-state index contributed by atoms with van der Waals surface area (Å²) in [5, 5.41) is 0.588. The van der Waals surface area contributed by atoms with Gasteiger partial charge >= 0.3 is 0 Å². The van der Waals surface area contributed by atoms with Crippen LogP contribution in [0.3, 0.4) is 0 Å². The van der Waals surface area contributed by atoms with Gasteiger partial charge in [0.15, 0.2) is 0 Å². The SMILES string of the molecule is NCCc1ccc2c(S(=O)(=O)c3cccc(F)c3)c[nH]c2c1. The molecule has 3 aromatic rings. The molecule has 0 aliphatic heterocycles. The van der Waals surface area contributed by atoms with Crippen LogP contribution in [0.5, 0.6) is 0 Å². The monoisotopic (exact) mass is 318 g/mol. The molecule has 2 aromatic carbocycles. The summed E-state index contributed by atoms with van der Waals surface area (Å²) in [7, 11) is -3.77. The lowest BCUT2D eigenvalue weighted by Gasteiger charge is -2.04. The van der Waals surface area contributed by atoms with E-state index in [0.29, 0.717) is 11.9 Å². The van der Waals surface area contributed by atoms with E-state index in [1.54, 1.807) is 6.07 Å². The molecule has 0 radical (unpaired) electrons. The van der Waals surface area contributed by atoms with E-state index in [1.165, 1.54) is 24.4 Å². The average Bonchev–Trinajstić information content (AvgIpc) is 2.91. The lowest BCUT2D eigenvalue weighted by Crippen LogP contribution is -2.03. The normalized spacial score (nSPS) is 11.9. The lowest BCUT2D eigenvalue weighted by atomic mass is 10.1. The molecular weight excluding hydrogens is 303 g/mol. The number of hydrogen-bond donors (Lipinski definition) is 2. The van der Waals surface area contributed by atoms with Crippen molar-refractivity contribution in [2.24, 2.45) is 5.73 Å². The third kappa shape index (κ3) is 2.51. The predicted octanol–water partition coefficient (Wildman–Crippen LogP) is 2.64. The van der Waals surface area contributed by atoms with Gasteiger partial charge in [0.05, 0.1) is 9.79 Å². The summed E-state index contributed by atoms with van der Waals surface area (Å²) in [6, 6.07) is 10.5. The van der Waals surface area contributed by atoms with Crippen molar-refractivity contribution in [3.05, 3.63) is 60.0 Å². The summed E-state index contributed by atoms with van der Waals surface area (Å²) in [5.41, 5.74) is 7.28. The fraction of sp³-hybridized carbons (Fsp3) is 0.125. The number of H-pyrrole nitrogens is 1. The first-order chi connectivity index (χ1) is 10.5. The molecule has 0 atom stereocenters. The number of aromatic nitrogens is 1. The van der Waals surface area contributed by atoms with Crippen molar-refractivity contribution >= 4 is 20.7 Å². The van der Waals surface area contributed by atoms with E-state index in [9.17, 15) is 12.8 Å². The zero-order valence-electron chi connectivity index (χ0n) is 11.7.